The monoisotopic (exact) mass is 956 g/mol. The minimum absolute atomic E-state index is 0.0282. The van der Waals surface area contributed by atoms with Crippen molar-refractivity contribution in [2.75, 3.05) is 30.6 Å². The maximum absolute atomic E-state index is 14.1. The van der Waals surface area contributed by atoms with Crippen LogP contribution < -0.4 is 29.6 Å². The molecule has 0 radical (unpaired) electrons. The molecule has 66 heavy (non-hydrogen) atoms. The van der Waals surface area contributed by atoms with Gasteiger partial charge in [0.15, 0.2) is 33.1 Å². The highest BCUT2D eigenvalue weighted by Gasteiger charge is 2.73. The Bertz CT molecular complexity index is 3430. The number of carbonyl (C=O) groups is 2. The zero-order valence-corrected chi connectivity index (χ0v) is 37.5. The lowest BCUT2D eigenvalue weighted by atomic mass is 9.83. The van der Waals surface area contributed by atoms with E-state index in [-0.39, 0.29) is 24.7 Å². The molecule has 8 heterocycles. The Hall–Kier alpha value is -6.66. The average Bonchev–Trinajstić information content (AvgIpc) is 3.74. The first-order chi connectivity index (χ1) is 32.3. The van der Waals surface area contributed by atoms with Crippen LogP contribution in [-0.2, 0) is 14.3 Å². The van der Waals surface area contributed by atoms with Crippen molar-refractivity contribution in [2.24, 2.45) is 10.8 Å². The van der Waals surface area contributed by atoms with Gasteiger partial charge in [0.05, 0.1) is 44.5 Å². The quantitative estimate of drug-likeness (QED) is 0.112. The summed E-state index contributed by atoms with van der Waals surface area (Å²) in [5.41, 5.74) is 1.04. The predicted molar refractivity (Wildman–Crippen MR) is 242 cm³/mol. The second-order valence-corrected chi connectivity index (χ2v) is 20.3. The first kappa shape index (κ1) is 39.7. The van der Waals surface area contributed by atoms with Crippen molar-refractivity contribution in [1.29, 1.82) is 0 Å². The molecule has 1 atom stereocenters. The van der Waals surface area contributed by atoms with Gasteiger partial charge < -0.3 is 34.3 Å². The number of carbonyl (C=O) groups excluding carboxylic acids is 2. The predicted octanol–water partition coefficient (Wildman–Crippen LogP) is 7.91. The van der Waals surface area contributed by atoms with Gasteiger partial charge in [0, 0.05) is 34.4 Å². The van der Waals surface area contributed by atoms with Gasteiger partial charge in [-0.2, -0.15) is 9.03 Å². The largest absolute Gasteiger partial charge is 0.471 e. The lowest BCUT2D eigenvalue weighted by Gasteiger charge is -2.24. The molecule has 0 spiro atoms. The minimum Gasteiger partial charge on any atom is -0.471 e. The van der Waals surface area contributed by atoms with Crippen LogP contribution in [0.5, 0.6) is 29.0 Å². The fraction of sp³-hybridized carbons (Fsp3) is 0.256. The van der Waals surface area contributed by atoms with Gasteiger partial charge >= 0.3 is 0 Å². The average molecular weight is 957 g/mol. The molecule has 19 nitrogen and oxygen atoms in total. The summed E-state index contributed by atoms with van der Waals surface area (Å²) in [5, 5.41) is 34.8. The van der Waals surface area contributed by atoms with E-state index in [1.165, 1.54) is 46.2 Å². The van der Waals surface area contributed by atoms with E-state index in [1.807, 2.05) is 42.5 Å². The molecule has 4 aliphatic rings. The minimum atomic E-state index is -0.811. The summed E-state index contributed by atoms with van der Waals surface area (Å²) >= 11 is 5.58. The van der Waals surface area contributed by atoms with Crippen LogP contribution in [0.3, 0.4) is 0 Å². The Labute approximate surface area is 388 Å². The highest BCUT2D eigenvalue weighted by atomic mass is 32.2. The fourth-order valence-electron chi connectivity index (χ4n) is 8.37. The van der Waals surface area contributed by atoms with Crippen molar-refractivity contribution in [3.63, 3.8) is 0 Å². The lowest BCUT2D eigenvalue weighted by molar-refractivity contribution is -0.132. The van der Waals surface area contributed by atoms with Gasteiger partial charge in [0.1, 0.15) is 11.9 Å². The standard InChI is InChI=1S/C43H32N12O7S4/c56-36(46-38-44-26-4-2-24(18-30(26)65-38)63-40-50-48-32-7-9-34(52-54(32)40)61-22-1-6-28-29(17-22)60-21-59-28)42(12-13-42)43(14-15-43)37(57)47-39-45-27-5-3-25(19-31(27)66-39)64-41-51-49-33-8-10-35(53-55(33)41)62-23-11-16-58-20-23/h1-10,17-19,23H,11-16,20-21H2,(H,44,46,56)(H,45,47,57). The van der Waals surface area contributed by atoms with Crippen LogP contribution in [0.4, 0.5) is 10.3 Å². The summed E-state index contributed by atoms with van der Waals surface area (Å²) < 4.78 is 33.4. The number of hydrogen-bond acceptors (Lipinski definition) is 19. The highest BCUT2D eigenvalue weighted by molar-refractivity contribution is 7.99. The second kappa shape index (κ2) is 15.5. The maximum atomic E-state index is 14.1. The zero-order chi connectivity index (χ0) is 44.0. The Morgan fingerprint density at radius 2 is 1.27 bits per heavy atom. The number of ether oxygens (including phenoxy) is 5. The Morgan fingerprint density at radius 1 is 0.682 bits per heavy atom. The summed E-state index contributed by atoms with van der Waals surface area (Å²) in [4.78, 5) is 39.4. The molecule has 9 aromatic rings. The van der Waals surface area contributed by atoms with Gasteiger partial charge in [-0.1, -0.05) is 22.7 Å². The third-order valence-electron chi connectivity index (χ3n) is 12.0. The van der Waals surface area contributed by atoms with Crippen LogP contribution in [0, 0.1) is 10.8 Å². The molecule has 3 aromatic carbocycles. The number of nitrogens with zero attached hydrogens (tertiary/aromatic N) is 10. The molecule has 2 aliphatic heterocycles. The van der Waals surface area contributed by atoms with Crippen LogP contribution in [0.1, 0.15) is 32.1 Å². The molecular weight excluding hydrogens is 925 g/mol. The number of thiazole rings is 2. The van der Waals surface area contributed by atoms with E-state index in [1.54, 1.807) is 45.4 Å². The number of hydrogen-bond donors (Lipinski definition) is 2. The highest BCUT2D eigenvalue weighted by Crippen LogP contribution is 2.71. The Kier molecular flexibility index (Phi) is 9.30. The van der Waals surface area contributed by atoms with E-state index in [0.717, 1.165) is 36.6 Å². The summed E-state index contributed by atoms with van der Waals surface area (Å²) in [6.45, 7) is 1.39. The van der Waals surface area contributed by atoms with E-state index in [9.17, 15) is 9.59 Å². The van der Waals surface area contributed by atoms with Gasteiger partial charge in [-0.05, 0) is 110 Å². The number of rotatable bonds is 13. The van der Waals surface area contributed by atoms with Crippen LogP contribution in [0.15, 0.2) is 99.0 Å². The summed E-state index contributed by atoms with van der Waals surface area (Å²) in [5.74, 6) is 2.30. The molecule has 23 heteroatoms. The molecule has 2 saturated carbocycles. The van der Waals surface area contributed by atoms with Crippen molar-refractivity contribution in [1.82, 2.24) is 49.6 Å². The smallest absolute Gasteiger partial charge is 0.237 e. The number of amides is 2. The second-order valence-electron chi connectivity index (χ2n) is 16.1. The van der Waals surface area contributed by atoms with Crippen molar-refractivity contribution < 1.29 is 33.3 Å². The van der Waals surface area contributed by atoms with E-state index in [2.05, 4.69) is 41.2 Å². The number of benzene rings is 3. The summed E-state index contributed by atoms with van der Waals surface area (Å²) in [6.07, 6.45) is 3.28. The van der Waals surface area contributed by atoms with Crippen molar-refractivity contribution in [3.8, 4) is 29.0 Å². The van der Waals surface area contributed by atoms with E-state index < -0.39 is 10.8 Å². The number of anilines is 2. The normalized spacial score (nSPS) is 17.7. The summed E-state index contributed by atoms with van der Waals surface area (Å²) in [6, 6.07) is 24.2. The third-order valence-corrected chi connectivity index (χ3v) is 15.7. The SMILES string of the molecule is O=C(Nc1nc2ccc(Sc3nnc4ccc(Oc5ccc6c(c5)OCO6)nn34)cc2s1)C1(C2(C(=O)Nc3nc4ccc(Sc5nnc6ccc(OC7CCOC7)nn56)cc4s3)CC2)CC1. The molecule has 2 aliphatic carbocycles. The van der Waals surface area contributed by atoms with Crippen molar-refractivity contribution >= 4 is 100 Å². The van der Waals surface area contributed by atoms with Gasteiger partial charge in [-0.25, -0.2) is 9.97 Å². The van der Waals surface area contributed by atoms with E-state index >= 15 is 0 Å². The topological polar surface area (TPSA) is 216 Å². The molecule has 13 rings (SSSR count). The van der Waals surface area contributed by atoms with Crippen molar-refractivity contribution in [3.05, 3.63) is 78.9 Å². The molecule has 330 valence electrons. The summed E-state index contributed by atoms with van der Waals surface area (Å²) in [7, 11) is 0. The number of aromatic nitrogens is 10. The molecule has 2 N–H and O–H groups in total. The lowest BCUT2D eigenvalue weighted by Crippen LogP contribution is -2.40. The first-order valence-corrected chi connectivity index (χ1v) is 24.2. The number of fused-ring (bicyclic) bond motifs is 5. The number of nitrogens with one attached hydrogen (secondary N) is 2. The van der Waals surface area contributed by atoms with Gasteiger partial charge in [0.25, 0.3) is 0 Å². The third kappa shape index (κ3) is 7.08. The molecule has 3 fully saturated rings. The molecule has 2 amide bonds. The Morgan fingerprint density at radius 3 is 1.86 bits per heavy atom. The van der Waals surface area contributed by atoms with Crippen LogP contribution in [0.2, 0.25) is 0 Å². The van der Waals surface area contributed by atoms with Crippen LogP contribution >= 0.6 is 46.2 Å². The zero-order valence-electron chi connectivity index (χ0n) is 34.2. The van der Waals surface area contributed by atoms with Crippen molar-refractivity contribution in [2.45, 2.75) is 58.3 Å². The first-order valence-electron chi connectivity index (χ1n) is 20.9. The fourth-order valence-corrected chi connectivity index (χ4v) is 12.0. The van der Waals surface area contributed by atoms with Gasteiger partial charge in [0.2, 0.25) is 40.7 Å². The van der Waals surface area contributed by atoms with E-state index in [0.29, 0.717) is 99.8 Å². The Balaban J connectivity index is 0.667. The van der Waals surface area contributed by atoms with Gasteiger partial charge in [-0.15, -0.1) is 30.6 Å². The molecule has 6 aromatic heterocycles. The van der Waals surface area contributed by atoms with Crippen LogP contribution in [0.25, 0.3) is 31.7 Å². The van der Waals surface area contributed by atoms with Gasteiger partial charge in [-0.3, -0.25) is 9.59 Å². The van der Waals surface area contributed by atoms with Crippen LogP contribution in [-0.4, -0.2) is 87.5 Å². The van der Waals surface area contributed by atoms with E-state index in [4.69, 9.17) is 33.7 Å². The molecule has 0 bridgehead atoms. The molecule has 1 saturated heterocycles. The maximum Gasteiger partial charge on any atom is 0.237 e. The molecule has 1 unspecified atom stereocenters. The molecular formula is C43H32N12O7S4.